The van der Waals surface area contributed by atoms with Gasteiger partial charge in [0.2, 0.25) is 0 Å². The Morgan fingerprint density at radius 2 is 1.75 bits per heavy atom. The summed E-state index contributed by atoms with van der Waals surface area (Å²) in [6.07, 6.45) is -1.60. The molecule has 1 N–H and O–H groups in total. The van der Waals surface area contributed by atoms with Gasteiger partial charge in [0, 0.05) is 26.1 Å². The molecule has 8 heteroatoms. The van der Waals surface area contributed by atoms with E-state index in [9.17, 15) is 18.0 Å². The van der Waals surface area contributed by atoms with Crippen molar-refractivity contribution in [2.75, 3.05) is 11.9 Å². The quantitative estimate of drug-likeness (QED) is 0.564. The standard InChI is InChI=1S/C13H13N3OS.C7H5F3.H2/c17-13(15-12-14-6-8-18-12)16-7-5-10-3-1-2-4-11(10)9-16;8-7(9,10)6-4-2-1-3-5-6;/h1-4,6,8H,5,7,9H2,(H,14,15,17);1-5H;1H. The molecule has 1 aliphatic heterocycles. The Morgan fingerprint density at radius 1 is 1.07 bits per heavy atom. The van der Waals surface area contributed by atoms with Crippen LogP contribution < -0.4 is 5.32 Å². The lowest BCUT2D eigenvalue weighted by atomic mass is 10.0. The first-order chi connectivity index (χ1) is 13.4. The Hall–Kier alpha value is -2.87. The van der Waals surface area contributed by atoms with Crippen molar-refractivity contribution < 1.29 is 19.4 Å². The number of carbonyl (C=O) groups excluding carboxylic acids is 1. The summed E-state index contributed by atoms with van der Waals surface area (Å²) in [6, 6.07) is 14.6. The number of hydrogen-bond donors (Lipinski definition) is 1. The monoisotopic (exact) mass is 407 g/mol. The number of halogens is 3. The zero-order valence-corrected chi connectivity index (χ0v) is 15.6. The van der Waals surface area contributed by atoms with Crippen LogP contribution in [0.4, 0.5) is 23.1 Å². The van der Waals surface area contributed by atoms with Gasteiger partial charge in [0.25, 0.3) is 0 Å². The maximum atomic E-state index is 12.1. The van der Waals surface area contributed by atoms with Gasteiger partial charge in [0.15, 0.2) is 5.13 Å². The van der Waals surface area contributed by atoms with Crippen molar-refractivity contribution in [3.8, 4) is 0 Å². The molecule has 0 atom stereocenters. The van der Waals surface area contributed by atoms with E-state index in [0.717, 1.165) is 25.1 Å². The molecule has 1 aromatic heterocycles. The highest BCUT2D eigenvalue weighted by Gasteiger charge is 2.29. The lowest BCUT2D eigenvalue weighted by molar-refractivity contribution is -0.137. The van der Waals surface area contributed by atoms with Crippen LogP contribution in [0, 0.1) is 0 Å². The molecule has 2 heterocycles. The number of benzene rings is 2. The van der Waals surface area contributed by atoms with Gasteiger partial charge in [-0.3, -0.25) is 5.32 Å². The van der Waals surface area contributed by atoms with Gasteiger partial charge in [-0.1, -0.05) is 54.6 Å². The van der Waals surface area contributed by atoms with Crippen LogP contribution in [-0.4, -0.2) is 22.5 Å². The normalized spacial score (nSPS) is 13.2. The number of anilines is 1. The average Bonchev–Trinajstić information content (AvgIpc) is 3.21. The second-order valence-electron chi connectivity index (χ2n) is 6.07. The molecular weight excluding hydrogens is 387 g/mol. The fourth-order valence-electron chi connectivity index (χ4n) is 2.75. The minimum atomic E-state index is -4.21. The third-order valence-corrected chi connectivity index (χ3v) is 4.85. The van der Waals surface area contributed by atoms with E-state index in [2.05, 4.69) is 22.4 Å². The molecule has 2 amide bonds. The van der Waals surface area contributed by atoms with Crippen LogP contribution in [-0.2, 0) is 19.1 Å². The number of amides is 2. The molecule has 0 radical (unpaired) electrons. The number of carbonyl (C=O) groups is 1. The summed E-state index contributed by atoms with van der Waals surface area (Å²) in [5.74, 6) is 0. The molecule has 0 spiro atoms. The highest BCUT2D eigenvalue weighted by atomic mass is 32.1. The van der Waals surface area contributed by atoms with Crippen molar-refractivity contribution in [1.82, 2.24) is 9.88 Å². The van der Waals surface area contributed by atoms with E-state index < -0.39 is 11.7 Å². The highest BCUT2D eigenvalue weighted by Crippen LogP contribution is 2.28. The van der Waals surface area contributed by atoms with E-state index >= 15 is 0 Å². The summed E-state index contributed by atoms with van der Waals surface area (Å²) in [5, 5.41) is 5.32. The van der Waals surface area contributed by atoms with Crippen molar-refractivity contribution in [3.05, 3.63) is 82.9 Å². The van der Waals surface area contributed by atoms with Crippen LogP contribution in [0.2, 0.25) is 0 Å². The third kappa shape index (κ3) is 5.32. The molecule has 148 valence electrons. The van der Waals surface area contributed by atoms with Crippen molar-refractivity contribution >= 4 is 22.5 Å². The van der Waals surface area contributed by atoms with Gasteiger partial charge in [0.05, 0.1) is 5.56 Å². The average molecular weight is 407 g/mol. The van der Waals surface area contributed by atoms with Crippen LogP contribution in [0.25, 0.3) is 0 Å². The predicted octanol–water partition coefficient (Wildman–Crippen LogP) is 5.68. The Balaban J connectivity index is 0.000000234. The molecule has 2 aromatic carbocycles. The first-order valence-corrected chi connectivity index (χ1v) is 9.46. The van der Waals surface area contributed by atoms with E-state index in [1.54, 1.807) is 12.3 Å². The van der Waals surface area contributed by atoms with Gasteiger partial charge in [-0.2, -0.15) is 13.2 Å². The number of nitrogens with zero attached hydrogens (tertiary/aromatic N) is 2. The maximum Gasteiger partial charge on any atom is 0.416 e. The smallest absolute Gasteiger partial charge is 0.320 e. The number of alkyl halides is 3. The number of urea groups is 1. The molecule has 4 rings (SSSR count). The maximum absolute atomic E-state index is 12.1. The molecule has 0 saturated heterocycles. The van der Waals surface area contributed by atoms with Crippen LogP contribution in [0.1, 0.15) is 18.1 Å². The Labute approximate surface area is 166 Å². The molecular formula is C20H20F3N3OS. The topological polar surface area (TPSA) is 45.2 Å². The fourth-order valence-corrected chi connectivity index (χ4v) is 3.27. The van der Waals surface area contributed by atoms with Gasteiger partial charge in [-0.25, -0.2) is 9.78 Å². The van der Waals surface area contributed by atoms with Crippen molar-refractivity contribution in [2.45, 2.75) is 19.1 Å². The van der Waals surface area contributed by atoms with E-state index in [1.165, 1.54) is 34.6 Å². The molecule has 0 unspecified atom stereocenters. The van der Waals surface area contributed by atoms with Crippen molar-refractivity contribution in [1.29, 1.82) is 0 Å². The first-order valence-electron chi connectivity index (χ1n) is 8.58. The summed E-state index contributed by atoms with van der Waals surface area (Å²) >= 11 is 1.43. The second-order valence-corrected chi connectivity index (χ2v) is 6.97. The summed E-state index contributed by atoms with van der Waals surface area (Å²) in [7, 11) is 0. The number of fused-ring (bicyclic) bond motifs is 1. The molecule has 1 aliphatic rings. The SMILES string of the molecule is FC(F)(F)c1ccccc1.O=C(Nc1nccs1)N1CCc2ccccc2C1.[HH]. The summed E-state index contributed by atoms with van der Waals surface area (Å²) in [4.78, 5) is 17.9. The second kappa shape index (κ2) is 8.88. The Morgan fingerprint density at radius 3 is 2.36 bits per heavy atom. The van der Waals surface area contributed by atoms with Crippen LogP contribution in [0.3, 0.4) is 0 Å². The molecule has 28 heavy (non-hydrogen) atoms. The van der Waals surface area contributed by atoms with E-state index in [4.69, 9.17) is 0 Å². The van der Waals surface area contributed by atoms with Crippen LogP contribution in [0.5, 0.6) is 0 Å². The molecule has 0 aliphatic carbocycles. The zero-order valence-electron chi connectivity index (χ0n) is 14.8. The minimum Gasteiger partial charge on any atom is -0.320 e. The minimum absolute atomic E-state index is 0. The summed E-state index contributed by atoms with van der Waals surface area (Å²) in [5.41, 5.74) is 1.98. The lowest BCUT2D eigenvalue weighted by Crippen LogP contribution is -2.38. The number of hydrogen-bond acceptors (Lipinski definition) is 3. The van der Waals surface area contributed by atoms with Crippen LogP contribution >= 0.6 is 11.3 Å². The van der Waals surface area contributed by atoms with Gasteiger partial charge in [-0.15, -0.1) is 11.3 Å². The zero-order chi connectivity index (χ0) is 20.0. The fraction of sp³-hybridized carbons (Fsp3) is 0.200. The van der Waals surface area contributed by atoms with Crippen molar-refractivity contribution in [2.24, 2.45) is 0 Å². The number of nitrogens with one attached hydrogen (secondary N) is 1. The van der Waals surface area contributed by atoms with Crippen LogP contribution in [0.15, 0.2) is 66.2 Å². The van der Waals surface area contributed by atoms with E-state index in [-0.39, 0.29) is 7.46 Å². The predicted molar refractivity (Wildman–Crippen MR) is 105 cm³/mol. The van der Waals surface area contributed by atoms with Gasteiger partial charge in [-0.05, 0) is 17.5 Å². The number of rotatable bonds is 1. The molecule has 4 nitrogen and oxygen atoms in total. The van der Waals surface area contributed by atoms with Gasteiger partial charge in [0.1, 0.15) is 0 Å². The largest absolute Gasteiger partial charge is 0.416 e. The van der Waals surface area contributed by atoms with Crippen molar-refractivity contribution in [3.63, 3.8) is 0 Å². The Kier molecular flexibility index (Phi) is 6.30. The molecule has 0 fully saturated rings. The Bertz CT molecular complexity index is 905. The third-order valence-electron chi connectivity index (χ3n) is 4.17. The van der Waals surface area contributed by atoms with Gasteiger partial charge >= 0.3 is 12.2 Å². The van der Waals surface area contributed by atoms with E-state index in [1.807, 2.05) is 22.4 Å². The number of thiazole rings is 1. The first kappa shape index (κ1) is 19.9. The molecule has 3 aromatic rings. The number of aromatic nitrogens is 1. The molecule has 0 bridgehead atoms. The summed E-state index contributed by atoms with van der Waals surface area (Å²) < 4.78 is 35.4. The molecule has 0 saturated carbocycles. The summed E-state index contributed by atoms with van der Waals surface area (Å²) in [6.45, 7) is 1.43. The highest BCUT2D eigenvalue weighted by molar-refractivity contribution is 7.13. The van der Waals surface area contributed by atoms with E-state index in [0.29, 0.717) is 11.7 Å². The lowest BCUT2D eigenvalue weighted by Gasteiger charge is -2.28. The van der Waals surface area contributed by atoms with Gasteiger partial charge < -0.3 is 4.90 Å².